The first kappa shape index (κ1) is 12.5. The number of aryl methyl sites for hydroxylation is 1. The van der Waals surface area contributed by atoms with Crippen molar-refractivity contribution in [2.75, 3.05) is 12.8 Å². The summed E-state index contributed by atoms with van der Waals surface area (Å²) in [6.45, 7) is 5.78. The Kier molecular flexibility index (Phi) is 5.12. The maximum absolute atomic E-state index is 13.0. The van der Waals surface area contributed by atoms with E-state index in [1.165, 1.54) is 6.07 Å². The van der Waals surface area contributed by atoms with E-state index in [1.807, 2.05) is 23.9 Å². The average molecular weight is 227 g/mol. The summed E-state index contributed by atoms with van der Waals surface area (Å²) in [5.41, 5.74) is 1.86. The Bertz CT molecular complexity index is 314. The fourth-order valence-electron chi connectivity index (χ4n) is 1.32. The van der Waals surface area contributed by atoms with Crippen LogP contribution >= 0.6 is 11.8 Å². The first-order valence-electron chi connectivity index (χ1n) is 5.12. The van der Waals surface area contributed by atoms with Crippen LogP contribution in [-0.2, 0) is 6.54 Å². The third kappa shape index (κ3) is 4.22. The molecule has 0 aromatic heterocycles. The molecular weight excluding hydrogens is 209 g/mol. The van der Waals surface area contributed by atoms with E-state index in [1.54, 1.807) is 6.92 Å². The van der Waals surface area contributed by atoms with E-state index >= 15 is 0 Å². The highest BCUT2D eigenvalue weighted by molar-refractivity contribution is 7.99. The lowest BCUT2D eigenvalue weighted by Gasteiger charge is -2.10. The minimum atomic E-state index is -0.128. The van der Waals surface area contributed by atoms with E-state index in [0.29, 0.717) is 10.8 Å². The maximum atomic E-state index is 13.0. The minimum absolute atomic E-state index is 0.128. The Morgan fingerprint density at radius 3 is 2.80 bits per heavy atom. The Labute approximate surface area is 95.5 Å². The van der Waals surface area contributed by atoms with Gasteiger partial charge in [0.1, 0.15) is 5.82 Å². The molecule has 84 valence electrons. The number of halogens is 1. The second-order valence-electron chi connectivity index (χ2n) is 3.76. The highest BCUT2D eigenvalue weighted by Gasteiger charge is 2.00. The van der Waals surface area contributed by atoms with Crippen LogP contribution in [0, 0.1) is 12.7 Å². The summed E-state index contributed by atoms with van der Waals surface area (Å²) in [4.78, 5) is 0. The third-order valence-electron chi connectivity index (χ3n) is 2.39. The van der Waals surface area contributed by atoms with E-state index < -0.39 is 0 Å². The van der Waals surface area contributed by atoms with Crippen molar-refractivity contribution in [1.29, 1.82) is 0 Å². The van der Waals surface area contributed by atoms with Crippen LogP contribution in [0.2, 0.25) is 0 Å². The van der Waals surface area contributed by atoms with Gasteiger partial charge in [-0.05, 0) is 30.4 Å². The molecule has 1 atom stereocenters. The number of nitrogens with one attached hydrogen (secondary N) is 1. The van der Waals surface area contributed by atoms with Crippen molar-refractivity contribution in [3.8, 4) is 0 Å². The third-order valence-corrected chi connectivity index (χ3v) is 3.36. The number of hydrogen-bond donors (Lipinski definition) is 1. The molecule has 0 aliphatic rings. The second-order valence-corrected chi connectivity index (χ2v) is 5.04. The van der Waals surface area contributed by atoms with Gasteiger partial charge in [-0.2, -0.15) is 11.8 Å². The first-order chi connectivity index (χ1) is 7.13. The lowest BCUT2D eigenvalue weighted by Crippen LogP contribution is -2.22. The molecule has 0 heterocycles. The smallest absolute Gasteiger partial charge is 0.126 e. The SMILES string of the molecule is CSC(C)CNCc1ccc(F)c(C)c1. The lowest BCUT2D eigenvalue weighted by molar-refractivity contribution is 0.615. The number of hydrogen-bond acceptors (Lipinski definition) is 2. The van der Waals surface area contributed by atoms with Gasteiger partial charge in [0.15, 0.2) is 0 Å². The van der Waals surface area contributed by atoms with Crippen molar-refractivity contribution >= 4 is 11.8 Å². The molecule has 3 heteroatoms. The number of benzene rings is 1. The molecule has 1 rings (SSSR count). The topological polar surface area (TPSA) is 12.0 Å². The molecule has 1 N–H and O–H groups in total. The average Bonchev–Trinajstić information content (AvgIpc) is 2.23. The summed E-state index contributed by atoms with van der Waals surface area (Å²) in [5, 5.41) is 3.97. The quantitative estimate of drug-likeness (QED) is 0.830. The van der Waals surface area contributed by atoms with Crippen LogP contribution in [0.15, 0.2) is 18.2 Å². The van der Waals surface area contributed by atoms with Gasteiger partial charge in [0, 0.05) is 18.3 Å². The van der Waals surface area contributed by atoms with Crippen molar-refractivity contribution < 1.29 is 4.39 Å². The summed E-state index contributed by atoms with van der Waals surface area (Å²) in [5.74, 6) is -0.128. The summed E-state index contributed by atoms with van der Waals surface area (Å²) in [6, 6.07) is 5.26. The van der Waals surface area contributed by atoms with Crippen molar-refractivity contribution in [3.05, 3.63) is 35.1 Å². The molecule has 0 amide bonds. The van der Waals surface area contributed by atoms with Gasteiger partial charge in [-0.1, -0.05) is 19.1 Å². The minimum Gasteiger partial charge on any atom is -0.312 e. The second kappa shape index (κ2) is 6.13. The van der Waals surface area contributed by atoms with Crippen molar-refractivity contribution in [3.63, 3.8) is 0 Å². The molecule has 0 saturated carbocycles. The summed E-state index contributed by atoms with van der Waals surface area (Å²) in [7, 11) is 0. The van der Waals surface area contributed by atoms with E-state index in [9.17, 15) is 4.39 Å². The zero-order chi connectivity index (χ0) is 11.3. The molecule has 15 heavy (non-hydrogen) atoms. The van der Waals surface area contributed by atoms with Gasteiger partial charge in [-0.25, -0.2) is 4.39 Å². The number of rotatable bonds is 5. The normalized spacial score (nSPS) is 12.8. The molecule has 1 aromatic carbocycles. The Morgan fingerprint density at radius 2 is 2.20 bits per heavy atom. The van der Waals surface area contributed by atoms with Gasteiger partial charge in [0.05, 0.1) is 0 Å². The van der Waals surface area contributed by atoms with Crippen LogP contribution in [0.4, 0.5) is 4.39 Å². The molecule has 0 spiro atoms. The van der Waals surface area contributed by atoms with Crippen LogP contribution in [0.25, 0.3) is 0 Å². The Morgan fingerprint density at radius 1 is 1.47 bits per heavy atom. The monoisotopic (exact) mass is 227 g/mol. The van der Waals surface area contributed by atoms with Crippen LogP contribution < -0.4 is 5.32 Å². The molecule has 0 fully saturated rings. The van der Waals surface area contributed by atoms with Crippen molar-refractivity contribution in [2.24, 2.45) is 0 Å². The predicted octanol–water partition coefficient (Wildman–Crippen LogP) is 2.98. The molecule has 1 unspecified atom stereocenters. The Balaban J connectivity index is 2.41. The van der Waals surface area contributed by atoms with E-state index in [0.717, 1.165) is 18.7 Å². The van der Waals surface area contributed by atoms with Crippen LogP contribution in [0.1, 0.15) is 18.1 Å². The fourth-order valence-corrected chi connectivity index (χ4v) is 1.60. The first-order valence-corrected chi connectivity index (χ1v) is 6.41. The molecule has 0 bridgehead atoms. The van der Waals surface area contributed by atoms with Crippen molar-refractivity contribution in [2.45, 2.75) is 25.6 Å². The van der Waals surface area contributed by atoms with Gasteiger partial charge >= 0.3 is 0 Å². The van der Waals surface area contributed by atoms with Gasteiger partial charge < -0.3 is 5.32 Å². The fraction of sp³-hybridized carbons (Fsp3) is 0.500. The zero-order valence-electron chi connectivity index (χ0n) is 9.51. The molecule has 1 nitrogen and oxygen atoms in total. The highest BCUT2D eigenvalue weighted by Crippen LogP contribution is 2.09. The zero-order valence-corrected chi connectivity index (χ0v) is 10.3. The van der Waals surface area contributed by atoms with Gasteiger partial charge in [-0.15, -0.1) is 0 Å². The van der Waals surface area contributed by atoms with E-state index in [-0.39, 0.29) is 5.82 Å². The van der Waals surface area contributed by atoms with Crippen LogP contribution in [0.3, 0.4) is 0 Å². The summed E-state index contributed by atoms with van der Waals surface area (Å²) >= 11 is 1.84. The van der Waals surface area contributed by atoms with Gasteiger partial charge in [0.2, 0.25) is 0 Å². The standard InChI is InChI=1S/C12H18FNS/c1-9-6-11(4-5-12(9)13)8-14-7-10(2)15-3/h4-6,10,14H,7-8H2,1-3H3. The molecule has 0 saturated heterocycles. The molecule has 0 aliphatic carbocycles. The number of thioether (sulfide) groups is 1. The molecule has 0 radical (unpaired) electrons. The molecule has 1 aromatic rings. The largest absolute Gasteiger partial charge is 0.312 e. The van der Waals surface area contributed by atoms with Crippen molar-refractivity contribution in [1.82, 2.24) is 5.32 Å². The van der Waals surface area contributed by atoms with E-state index in [2.05, 4.69) is 18.5 Å². The van der Waals surface area contributed by atoms with Crippen LogP contribution in [0.5, 0.6) is 0 Å². The summed E-state index contributed by atoms with van der Waals surface area (Å²) < 4.78 is 13.0. The Hall–Kier alpha value is -0.540. The summed E-state index contributed by atoms with van der Waals surface area (Å²) in [6.07, 6.45) is 2.11. The highest BCUT2D eigenvalue weighted by atomic mass is 32.2. The van der Waals surface area contributed by atoms with Gasteiger partial charge in [-0.3, -0.25) is 0 Å². The maximum Gasteiger partial charge on any atom is 0.126 e. The van der Waals surface area contributed by atoms with E-state index in [4.69, 9.17) is 0 Å². The van der Waals surface area contributed by atoms with Gasteiger partial charge in [0.25, 0.3) is 0 Å². The van der Waals surface area contributed by atoms with Crippen LogP contribution in [-0.4, -0.2) is 18.1 Å². The molecular formula is C12H18FNS. The predicted molar refractivity (Wildman–Crippen MR) is 65.8 cm³/mol. The lowest BCUT2D eigenvalue weighted by atomic mass is 10.1. The molecule has 0 aliphatic heterocycles.